The molecule has 23 heavy (non-hydrogen) atoms. The van der Waals surface area contributed by atoms with Crippen LogP contribution in [0.2, 0.25) is 0 Å². The Labute approximate surface area is 136 Å². The summed E-state index contributed by atoms with van der Waals surface area (Å²) in [6.45, 7) is 0.499. The Morgan fingerprint density at radius 2 is 1.83 bits per heavy atom. The molecule has 0 fully saturated rings. The zero-order valence-corrected chi connectivity index (χ0v) is 13.6. The van der Waals surface area contributed by atoms with Crippen LogP contribution in [0.15, 0.2) is 53.4 Å². The van der Waals surface area contributed by atoms with Crippen LogP contribution >= 0.6 is 0 Å². The van der Waals surface area contributed by atoms with Gasteiger partial charge in [-0.05, 0) is 35.6 Å². The van der Waals surface area contributed by atoms with E-state index >= 15 is 0 Å². The fourth-order valence-electron chi connectivity index (χ4n) is 2.85. The van der Waals surface area contributed by atoms with Crippen molar-refractivity contribution in [3.8, 4) is 0 Å². The lowest BCUT2D eigenvalue weighted by atomic mass is 10.0. The summed E-state index contributed by atoms with van der Waals surface area (Å²) < 4.78 is 24.0. The maximum Gasteiger partial charge on any atom is 0.224 e. The molecule has 0 saturated carbocycles. The molecule has 120 valence electrons. The molecule has 3 rings (SSSR count). The van der Waals surface area contributed by atoms with E-state index in [1.54, 1.807) is 12.1 Å². The average Bonchev–Trinajstić information content (AvgIpc) is 2.53. The summed E-state index contributed by atoms with van der Waals surface area (Å²) in [5, 5.41) is 2.89. The van der Waals surface area contributed by atoms with Gasteiger partial charge in [-0.3, -0.25) is 4.79 Å². The Kier molecular flexibility index (Phi) is 4.48. The van der Waals surface area contributed by atoms with E-state index < -0.39 is 9.84 Å². The molecule has 1 N–H and O–H groups in total. The second-order valence-electron chi connectivity index (χ2n) is 5.80. The van der Waals surface area contributed by atoms with Crippen LogP contribution in [0.25, 0.3) is 0 Å². The summed E-state index contributed by atoms with van der Waals surface area (Å²) in [5.41, 5.74) is 2.74. The minimum Gasteiger partial charge on any atom is -0.352 e. The molecule has 0 bridgehead atoms. The van der Waals surface area contributed by atoms with Gasteiger partial charge in [-0.2, -0.15) is 0 Å². The smallest absolute Gasteiger partial charge is 0.224 e. The topological polar surface area (TPSA) is 63.2 Å². The number of carbonyl (C=O) groups is 1. The molecule has 1 aliphatic rings. The van der Waals surface area contributed by atoms with E-state index in [2.05, 4.69) is 5.32 Å². The Bertz CT molecular complexity index is 813. The van der Waals surface area contributed by atoms with E-state index in [1.807, 2.05) is 36.4 Å². The predicted octanol–water partition coefficient (Wildman–Crippen LogP) is 2.27. The highest BCUT2D eigenvalue weighted by atomic mass is 32.2. The van der Waals surface area contributed by atoms with E-state index in [-0.39, 0.29) is 18.1 Å². The number of hydrogen-bond acceptors (Lipinski definition) is 3. The number of benzene rings is 2. The maximum atomic E-state index is 12.1. The summed E-state index contributed by atoms with van der Waals surface area (Å²) in [5.74, 6) is 0.157. The molecule has 0 radical (unpaired) electrons. The van der Waals surface area contributed by atoms with Crippen molar-refractivity contribution in [1.29, 1.82) is 0 Å². The Morgan fingerprint density at radius 3 is 2.61 bits per heavy atom. The number of aryl methyl sites for hydroxylation is 1. The number of sulfone groups is 1. The highest BCUT2D eigenvalue weighted by Gasteiger charge is 2.23. The number of hydrogen-bond donors (Lipinski definition) is 1. The molecule has 5 heteroatoms. The van der Waals surface area contributed by atoms with Crippen LogP contribution in [0, 0.1) is 0 Å². The third-order valence-electron chi connectivity index (χ3n) is 4.02. The van der Waals surface area contributed by atoms with Crippen molar-refractivity contribution in [1.82, 2.24) is 5.32 Å². The van der Waals surface area contributed by atoms with Gasteiger partial charge in [0.15, 0.2) is 9.84 Å². The van der Waals surface area contributed by atoms with Crippen molar-refractivity contribution in [3.05, 3.63) is 65.2 Å². The number of fused-ring (bicyclic) bond motifs is 1. The van der Waals surface area contributed by atoms with Crippen LogP contribution in [-0.4, -0.2) is 20.1 Å². The zero-order chi connectivity index (χ0) is 16.3. The quantitative estimate of drug-likeness (QED) is 0.936. The number of amides is 1. The van der Waals surface area contributed by atoms with Crippen molar-refractivity contribution < 1.29 is 13.2 Å². The first-order valence-electron chi connectivity index (χ1n) is 7.70. The summed E-state index contributed by atoms with van der Waals surface area (Å²) in [6, 6.07) is 15.0. The first kappa shape index (κ1) is 15.7. The van der Waals surface area contributed by atoms with Gasteiger partial charge in [-0.1, -0.05) is 42.5 Å². The van der Waals surface area contributed by atoms with Crippen molar-refractivity contribution in [3.63, 3.8) is 0 Å². The highest BCUT2D eigenvalue weighted by molar-refractivity contribution is 7.91. The van der Waals surface area contributed by atoms with Crippen LogP contribution in [0.3, 0.4) is 0 Å². The molecule has 1 aliphatic heterocycles. The lowest BCUT2D eigenvalue weighted by molar-refractivity contribution is -0.120. The minimum absolute atomic E-state index is 0.0625. The summed E-state index contributed by atoms with van der Waals surface area (Å²) in [7, 11) is -3.13. The highest BCUT2D eigenvalue weighted by Crippen LogP contribution is 2.26. The van der Waals surface area contributed by atoms with Crippen LogP contribution < -0.4 is 5.32 Å². The van der Waals surface area contributed by atoms with Gasteiger partial charge >= 0.3 is 0 Å². The zero-order valence-electron chi connectivity index (χ0n) is 12.8. The van der Waals surface area contributed by atoms with Gasteiger partial charge in [-0.15, -0.1) is 0 Å². The molecule has 0 saturated heterocycles. The van der Waals surface area contributed by atoms with Crippen molar-refractivity contribution >= 4 is 15.7 Å². The number of carbonyl (C=O) groups excluding carboxylic acids is 1. The summed E-state index contributed by atoms with van der Waals surface area (Å²) in [6.07, 6.45) is 1.67. The van der Waals surface area contributed by atoms with Gasteiger partial charge in [0.25, 0.3) is 0 Å². The maximum absolute atomic E-state index is 12.1. The van der Waals surface area contributed by atoms with Crippen LogP contribution in [0.4, 0.5) is 0 Å². The average molecular weight is 329 g/mol. The first-order valence-corrected chi connectivity index (χ1v) is 9.35. The summed E-state index contributed by atoms with van der Waals surface area (Å²) in [4.78, 5) is 12.5. The van der Waals surface area contributed by atoms with Crippen molar-refractivity contribution in [2.75, 3.05) is 5.75 Å². The Morgan fingerprint density at radius 1 is 1.04 bits per heavy atom. The molecule has 1 amide bonds. The molecule has 2 aromatic carbocycles. The lowest BCUT2D eigenvalue weighted by Crippen LogP contribution is -2.24. The van der Waals surface area contributed by atoms with Gasteiger partial charge < -0.3 is 5.32 Å². The van der Waals surface area contributed by atoms with Gasteiger partial charge in [0, 0.05) is 6.54 Å². The summed E-state index contributed by atoms with van der Waals surface area (Å²) >= 11 is 0. The molecule has 0 aliphatic carbocycles. The fraction of sp³-hybridized carbons (Fsp3) is 0.278. The largest absolute Gasteiger partial charge is 0.352 e. The Balaban J connectivity index is 1.65. The van der Waals surface area contributed by atoms with Gasteiger partial charge in [-0.25, -0.2) is 8.42 Å². The molecule has 0 atom stereocenters. The SMILES string of the molecule is O=C(Cc1ccc2c(c1)CCCS2(=O)=O)NCc1ccccc1. The second-order valence-corrected chi connectivity index (χ2v) is 7.88. The van der Waals surface area contributed by atoms with E-state index in [0.29, 0.717) is 17.9 Å². The van der Waals surface area contributed by atoms with Crippen molar-refractivity contribution in [2.24, 2.45) is 0 Å². The van der Waals surface area contributed by atoms with Crippen LogP contribution in [-0.2, 0) is 34.0 Å². The minimum atomic E-state index is -3.13. The van der Waals surface area contributed by atoms with E-state index in [9.17, 15) is 13.2 Å². The van der Waals surface area contributed by atoms with Crippen LogP contribution in [0.1, 0.15) is 23.1 Å². The van der Waals surface area contributed by atoms with Crippen molar-refractivity contribution in [2.45, 2.75) is 30.7 Å². The normalized spacial score (nSPS) is 15.7. The molecule has 0 aromatic heterocycles. The molecular formula is C18H19NO3S. The number of rotatable bonds is 4. The molecule has 1 heterocycles. The Hall–Kier alpha value is -2.14. The van der Waals surface area contributed by atoms with Gasteiger partial charge in [0.05, 0.1) is 17.1 Å². The molecule has 4 nitrogen and oxygen atoms in total. The van der Waals surface area contributed by atoms with E-state index in [4.69, 9.17) is 0 Å². The van der Waals surface area contributed by atoms with Gasteiger partial charge in [0.1, 0.15) is 0 Å². The molecular weight excluding hydrogens is 310 g/mol. The fourth-order valence-corrected chi connectivity index (χ4v) is 4.43. The standard InChI is InChI=1S/C18H19NO3S/c20-18(19-13-14-5-2-1-3-6-14)12-15-8-9-17-16(11-15)7-4-10-23(17,21)22/h1-3,5-6,8-9,11H,4,7,10,12-13H2,(H,19,20). The number of nitrogens with one attached hydrogen (secondary N) is 1. The third-order valence-corrected chi connectivity index (χ3v) is 5.91. The molecule has 0 unspecified atom stereocenters. The second kappa shape index (κ2) is 6.54. The van der Waals surface area contributed by atoms with Gasteiger partial charge in [0.2, 0.25) is 5.91 Å². The lowest BCUT2D eigenvalue weighted by Gasteiger charge is -2.17. The predicted molar refractivity (Wildman–Crippen MR) is 88.8 cm³/mol. The van der Waals surface area contributed by atoms with E-state index in [1.165, 1.54) is 0 Å². The first-order chi connectivity index (χ1) is 11.0. The molecule has 0 spiro atoms. The molecule has 2 aromatic rings. The third kappa shape index (κ3) is 3.79. The van der Waals surface area contributed by atoms with Crippen LogP contribution in [0.5, 0.6) is 0 Å². The van der Waals surface area contributed by atoms with E-state index in [0.717, 1.165) is 23.1 Å². The monoisotopic (exact) mass is 329 g/mol.